The monoisotopic (exact) mass is 613 g/mol. The van der Waals surface area contributed by atoms with E-state index in [4.69, 9.17) is 107 Å². The van der Waals surface area contributed by atoms with Gasteiger partial charge in [0.1, 0.15) is 0 Å². The fourth-order valence-corrected chi connectivity index (χ4v) is 0. The standard InChI is InChI=1S/Co.Li.Mn.7NO3.Ni/c;;;7*2-1(3)4;/q+2;+1;+2;7*-1;+2. The predicted octanol–water partition coefficient (Wildman–Crippen LogP) is -4.68. The largest absolute Gasteiger partial charge is 2.00 e. The summed E-state index contributed by atoms with van der Waals surface area (Å²) in [5.74, 6) is 0. The molecule has 0 bridgehead atoms. The van der Waals surface area contributed by atoms with Gasteiger partial charge in [0.25, 0.3) is 0 Å². The summed E-state index contributed by atoms with van der Waals surface area (Å²) in [6.45, 7) is 0. The second-order valence-electron chi connectivity index (χ2n) is 1.57. The zero-order valence-electron chi connectivity index (χ0n) is 13.7. The van der Waals surface area contributed by atoms with Gasteiger partial charge in [0.05, 0.1) is 35.6 Å². The van der Waals surface area contributed by atoms with Gasteiger partial charge in [-0.2, -0.15) is 0 Å². The third-order valence-electron chi connectivity index (χ3n) is 0. The first-order chi connectivity index (χ1) is 12.1. The smallest absolute Gasteiger partial charge is 0.356 e. The molecule has 32 heteroatoms. The quantitative estimate of drug-likeness (QED) is 0.141. The Labute approximate surface area is 211 Å². The van der Waals surface area contributed by atoms with Gasteiger partial charge in [-0.1, -0.05) is 0 Å². The van der Waals surface area contributed by atoms with E-state index >= 15 is 0 Å². The van der Waals surface area contributed by atoms with Gasteiger partial charge in [-0.3, -0.25) is 0 Å². The van der Waals surface area contributed by atoms with Crippen molar-refractivity contribution in [3.8, 4) is 0 Å². The zero-order valence-corrected chi connectivity index (χ0v) is 16.9. The van der Waals surface area contributed by atoms with E-state index < -0.39 is 35.6 Å². The average Bonchev–Trinajstić information content (AvgIpc) is 2.20. The molecule has 0 aromatic heterocycles. The molecule has 0 aliphatic heterocycles. The molecular formula is CoLiMnN7NiO21. The number of hydrogen-bond donors (Lipinski definition) is 0. The van der Waals surface area contributed by atoms with Crippen LogP contribution in [0.4, 0.5) is 0 Å². The molecule has 32 heavy (non-hydrogen) atoms. The molecule has 0 rings (SSSR count). The summed E-state index contributed by atoms with van der Waals surface area (Å²) in [5, 5.41) is 103. The fourth-order valence-electron chi connectivity index (χ4n) is 0. The minimum Gasteiger partial charge on any atom is -0.356 e. The van der Waals surface area contributed by atoms with Crippen molar-refractivity contribution in [2.24, 2.45) is 0 Å². The molecule has 0 N–H and O–H groups in total. The van der Waals surface area contributed by atoms with E-state index in [1.807, 2.05) is 0 Å². The van der Waals surface area contributed by atoms with Crippen molar-refractivity contribution >= 4 is 0 Å². The molecule has 0 saturated carbocycles. The van der Waals surface area contributed by atoms with Crippen molar-refractivity contribution in [2.45, 2.75) is 0 Å². The van der Waals surface area contributed by atoms with Crippen molar-refractivity contribution in [2.75, 3.05) is 0 Å². The van der Waals surface area contributed by atoms with Crippen molar-refractivity contribution < 1.29 is 105 Å². The topological polar surface area (TPSA) is 463 Å². The molecule has 0 spiro atoms. The van der Waals surface area contributed by atoms with Crippen molar-refractivity contribution in [3.63, 3.8) is 0 Å². The van der Waals surface area contributed by atoms with Gasteiger partial charge < -0.3 is 107 Å². The van der Waals surface area contributed by atoms with Gasteiger partial charge in [0, 0.05) is 0 Å². The molecule has 0 aromatic rings. The van der Waals surface area contributed by atoms with Crippen LogP contribution in [0.1, 0.15) is 0 Å². The van der Waals surface area contributed by atoms with Gasteiger partial charge in [0.15, 0.2) is 0 Å². The van der Waals surface area contributed by atoms with E-state index in [0.29, 0.717) is 0 Å². The van der Waals surface area contributed by atoms with Crippen LogP contribution in [0.5, 0.6) is 0 Å². The van der Waals surface area contributed by atoms with Gasteiger partial charge in [0.2, 0.25) is 0 Å². The van der Waals surface area contributed by atoms with Gasteiger partial charge in [-0.05, 0) is 0 Å². The molecule has 28 nitrogen and oxygen atoms in total. The third kappa shape index (κ3) is 1420. The number of hydrogen-bond acceptors (Lipinski definition) is 21. The van der Waals surface area contributed by atoms with Crippen LogP contribution in [-0.4, -0.2) is 35.6 Å². The molecular weight excluding hydrogens is 614 g/mol. The van der Waals surface area contributed by atoms with Gasteiger partial charge in [-0.15, -0.1) is 0 Å². The Morgan fingerprint density at radius 3 is 0.312 bits per heavy atom. The SMILES string of the molecule is O=[N+]([O-])[O-].O=[N+]([O-])[O-].O=[N+]([O-])[O-].O=[N+]([O-])[O-].O=[N+]([O-])[O-].O=[N+]([O-])[O-].O=[N+]([O-])[O-].[Co+2].[Li+].[Mn+2].[Ni+2]. The second-order valence-corrected chi connectivity index (χ2v) is 1.57. The summed E-state index contributed by atoms with van der Waals surface area (Å²) < 4.78 is 0. The Hall–Kier alpha value is -3.48. The summed E-state index contributed by atoms with van der Waals surface area (Å²) in [7, 11) is 0. The predicted molar refractivity (Wildman–Crippen MR) is 72.5 cm³/mol. The van der Waals surface area contributed by atoms with Crippen LogP contribution in [0.2, 0.25) is 0 Å². The van der Waals surface area contributed by atoms with E-state index in [1.165, 1.54) is 0 Å². The maximum Gasteiger partial charge on any atom is 2.00 e. The van der Waals surface area contributed by atoms with E-state index in [0.717, 1.165) is 0 Å². The molecule has 0 atom stereocenters. The molecule has 0 heterocycles. The molecule has 0 aliphatic rings. The Morgan fingerprint density at radius 1 is 0.312 bits per heavy atom. The number of nitrogens with zero attached hydrogens (tertiary/aromatic N) is 7. The van der Waals surface area contributed by atoms with E-state index in [1.54, 1.807) is 0 Å². The molecule has 188 valence electrons. The minimum absolute atomic E-state index is 0. The third-order valence-corrected chi connectivity index (χ3v) is 0. The van der Waals surface area contributed by atoms with Gasteiger partial charge in [-0.25, -0.2) is 0 Å². The van der Waals surface area contributed by atoms with Crippen molar-refractivity contribution in [3.05, 3.63) is 107 Å². The summed E-state index contributed by atoms with van der Waals surface area (Å²) in [6, 6.07) is 0. The molecule has 2 radical (unpaired) electrons. The first-order valence-corrected chi connectivity index (χ1v) is 3.83. The summed E-state index contributed by atoms with van der Waals surface area (Å²) in [6.07, 6.45) is 0. The Bertz CT molecular complexity index is 327. The van der Waals surface area contributed by atoms with Crippen LogP contribution in [0, 0.1) is 107 Å². The van der Waals surface area contributed by atoms with Crippen LogP contribution in [0.25, 0.3) is 0 Å². The first-order valence-electron chi connectivity index (χ1n) is 3.83. The molecule has 0 amide bonds. The van der Waals surface area contributed by atoms with Crippen molar-refractivity contribution in [1.29, 1.82) is 0 Å². The van der Waals surface area contributed by atoms with E-state index in [2.05, 4.69) is 0 Å². The molecule has 0 aromatic carbocycles. The fraction of sp³-hybridized carbons (Fsp3) is 0. The van der Waals surface area contributed by atoms with Crippen LogP contribution >= 0.6 is 0 Å². The Morgan fingerprint density at radius 2 is 0.312 bits per heavy atom. The van der Waals surface area contributed by atoms with Crippen LogP contribution < -0.4 is 18.9 Å². The Balaban J connectivity index is -0.0000000175. The minimum atomic E-state index is -1.75. The maximum absolute atomic E-state index is 8.25. The average molecular weight is 614 g/mol. The maximum atomic E-state index is 8.25. The zero-order chi connectivity index (χ0) is 25.0. The Kier molecular flexibility index (Phi) is 139. The van der Waals surface area contributed by atoms with Gasteiger partial charge >= 0.3 is 69.2 Å². The number of rotatable bonds is 0. The second kappa shape index (κ2) is 63.1. The molecule has 0 aliphatic carbocycles. The van der Waals surface area contributed by atoms with E-state index in [-0.39, 0.29) is 69.2 Å². The van der Waals surface area contributed by atoms with Crippen LogP contribution in [-0.2, 0) is 50.3 Å². The summed E-state index contributed by atoms with van der Waals surface area (Å²) in [5.41, 5.74) is 0. The molecule has 0 unspecified atom stereocenters. The van der Waals surface area contributed by atoms with Crippen LogP contribution in [0.15, 0.2) is 0 Å². The molecule has 0 saturated heterocycles. The first kappa shape index (κ1) is 70.4. The van der Waals surface area contributed by atoms with Crippen LogP contribution in [0.3, 0.4) is 0 Å². The molecule has 0 fully saturated rings. The van der Waals surface area contributed by atoms with E-state index in [9.17, 15) is 0 Å². The summed E-state index contributed by atoms with van der Waals surface area (Å²) in [4.78, 5) is 57.8. The normalized spacial score (nSPS) is 5.25. The van der Waals surface area contributed by atoms with Crippen molar-refractivity contribution in [1.82, 2.24) is 0 Å². The summed E-state index contributed by atoms with van der Waals surface area (Å²) >= 11 is 0.